The number of hydrogen-bond donors (Lipinski definition) is 2. The van der Waals surface area contributed by atoms with Crippen LogP contribution in [-0.2, 0) is 16.2 Å². The lowest BCUT2D eigenvalue weighted by molar-refractivity contribution is -0.123. The Morgan fingerprint density at radius 2 is 1.44 bits per heavy atom. The van der Waals surface area contributed by atoms with Crippen molar-refractivity contribution in [1.82, 2.24) is 10.6 Å². The first kappa shape index (κ1) is 19.2. The minimum Gasteiger partial charge on any atom is -0.486 e. The van der Waals surface area contributed by atoms with Crippen LogP contribution in [0.1, 0.15) is 11.1 Å². The van der Waals surface area contributed by atoms with E-state index in [0.29, 0.717) is 10.6 Å². The number of nitrogens with one attached hydrogen (secondary N) is 2. The standard InChI is InChI=1S/C18H11Cl3N2O4/c19-11-3-1-9(2-4-11)8-27-15-13(20)6-10(7-14(15)21)5-12-16(24)22-18(26)23-17(12)25/h1-7H,8H2,(H2,22,23,24,25,26). The van der Waals surface area contributed by atoms with Crippen molar-refractivity contribution in [1.29, 1.82) is 0 Å². The Labute approximate surface area is 169 Å². The maximum absolute atomic E-state index is 11.8. The Kier molecular flexibility index (Phi) is 5.70. The fourth-order valence-corrected chi connectivity index (χ4v) is 3.05. The van der Waals surface area contributed by atoms with E-state index in [4.69, 9.17) is 39.5 Å². The summed E-state index contributed by atoms with van der Waals surface area (Å²) in [7, 11) is 0. The molecule has 27 heavy (non-hydrogen) atoms. The minimum absolute atomic E-state index is 0.205. The van der Waals surface area contributed by atoms with Crippen molar-refractivity contribution >= 4 is 58.7 Å². The summed E-state index contributed by atoms with van der Waals surface area (Å²) in [5.41, 5.74) is 1.04. The molecule has 2 aromatic rings. The first-order chi connectivity index (χ1) is 12.8. The smallest absolute Gasteiger partial charge is 0.328 e. The summed E-state index contributed by atoms with van der Waals surface area (Å²) >= 11 is 18.3. The number of benzene rings is 2. The minimum atomic E-state index is -0.871. The van der Waals surface area contributed by atoms with Gasteiger partial charge in [0.15, 0.2) is 5.75 Å². The molecule has 1 aliphatic heterocycles. The highest BCUT2D eigenvalue weighted by molar-refractivity contribution is 6.37. The van der Waals surface area contributed by atoms with Gasteiger partial charge in [-0.2, -0.15) is 0 Å². The predicted molar refractivity (Wildman–Crippen MR) is 102 cm³/mol. The van der Waals surface area contributed by atoms with E-state index >= 15 is 0 Å². The molecule has 0 atom stereocenters. The molecular formula is C18H11Cl3N2O4. The van der Waals surface area contributed by atoms with Crippen LogP contribution < -0.4 is 15.4 Å². The van der Waals surface area contributed by atoms with Gasteiger partial charge in [0, 0.05) is 5.02 Å². The second-order valence-corrected chi connectivity index (χ2v) is 6.78. The van der Waals surface area contributed by atoms with E-state index in [1.54, 1.807) is 12.1 Å². The summed E-state index contributed by atoms with van der Waals surface area (Å²) in [5.74, 6) is -1.35. The molecule has 4 amide bonds. The lowest BCUT2D eigenvalue weighted by Gasteiger charge is -2.14. The van der Waals surface area contributed by atoms with Gasteiger partial charge >= 0.3 is 6.03 Å². The second kappa shape index (κ2) is 8.00. The summed E-state index contributed by atoms with van der Waals surface area (Å²) in [4.78, 5) is 34.6. The van der Waals surface area contributed by atoms with Crippen molar-refractivity contribution < 1.29 is 19.1 Å². The molecule has 3 rings (SSSR count). The molecule has 1 aliphatic rings. The number of urea groups is 1. The Balaban J connectivity index is 1.81. The number of ether oxygens (including phenoxy) is 1. The molecule has 0 bridgehead atoms. The van der Waals surface area contributed by atoms with E-state index in [2.05, 4.69) is 0 Å². The van der Waals surface area contributed by atoms with E-state index in [1.807, 2.05) is 22.8 Å². The topological polar surface area (TPSA) is 84.5 Å². The lowest BCUT2D eigenvalue weighted by Crippen LogP contribution is -2.51. The van der Waals surface area contributed by atoms with Gasteiger partial charge in [-0.1, -0.05) is 46.9 Å². The molecule has 1 fully saturated rings. The highest BCUT2D eigenvalue weighted by Crippen LogP contribution is 2.35. The predicted octanol–water partition coefficient (Wildman–Crippen LogP) is 3.98. The van der Waals surface area contributed by atoms with Crippen LogP contribution in [-0.4, -0.2) is 17.8 Å². The van der Waals surface area contributed by atoms with Crippen molar-refractivity contribution in [3.05, 3.63) is 68.2 Å². The van der Waals surface area contributed by atoms with Gasteiger partial charge in [0.25, 0.3) is 11.8 Å². The van der Waals surface area contributed by atoms with Gasteiger partial charge in [-0.3, -0.25) is 20.2 Å². The monoisotopic (exact) mass is 424 g/mol. The average Bonchev–Trinajstić information content (AvgIpc) is 2.59. The van der Waals surface area contributed by atoms with Crippen LogP contribution in [0, 0.1) is 0 Å². The zero-order valence-corrected chi connectivity index (χ0v) is 15.8. The van der Waals surface area contributed by atoms with Crippen molar-refractivity contribution in [3.63, 3.8) is 0 Å². The van der Waals surface area contributed by atoms with Gasteiger partial charge in [-0.25, -0.2) is 4.79 Å². The number of barbiturate groups is 1. The van der Waals surface area contributed by atoms with E-state index in [1.165, 1.54) is 18.2 Å². The van der Waals surface area contributed by atoms with Gasteiger partial charge in [0.2, 0.25) is 0 Å². The number of halogens is 3. The summed E-state index contributed by atoms with van der Waals surface area (Å²) in [6, 6.07) is 9.22. The molecule has 138 valence electrons. The van der Waals surface area contributed by atoms with Gasteiger partial charge in [-0.15, -0.1) is 0 Å². The van der Waals surface area contributed by atoms with Crippen molar-refractivity contribution in [2.45, 2.75) is 6.61 Å². The number of imide groups is 2. The van der Waals surface area contributed by atoms with E-state index < -0.39 is 17.8 Å². The fraction of sp³-hybridized carbons (Fsp3) is 0.0556. The number of rotatable bonds is 4. The Morgan fingerprint density at radius 1 is 0.889 bits per heavy atom. The zero-order valence-electron chi connectivity index (χ0n) is 13.5. The van der Waals surface area contributed by atoms with Crippen LogP contribution in [0.4, 0.5) is 4.79 Å². The molecule has 0 unspecified atom stereocenters. The van der Waals surface area contributed by atoms with E-state index in [-0.39, 0.29) is 28.0 Å². The molecule has 2 N–H and O–H groups in total. The largest absolute Gasteiger partial charge is 0.486 e. The first-order valence-corrected chi connectivity index (χ1v) is 8.71. The van der Waals surface area contributed by atoms with Gasteiger partial charge in [0.1, 0.15) is 12.2 Å². The maximum Gasteiger partial charge on any atom is 0.328 e. The Bertz CT molecular complexity index is 926. The zero-order chi connectivity index (χ0) is 19.6. The third kappa shape index (κ3) is 4.60. The molecule has 6 nitrogen and oxygen atoms in total. The summed E-state index contributed by atoms with van der Waals surface area (Å²) in [6.07, 6.45) is 1.28. The fourth-order valence-electron chi connectivity index (χ4n) is 2.31. The van der Waals surface area contributed by atoms with Crippen molar-refractivity contribution in [2.75, 3.05) is 0 Å². The van der Waals surface area contributed by atoms with Crippen LogP contribution in [0.3, 0.4) is 0 Å². The molecular weight excluding hydrogens is 415 g/mol. The molecule has 0 aliphatic carbocycles. The molecule has 0 spiro atoms. The summed E-state index contributed by atoms with van der Waals surface area (Å²) < 4.78 is 5.66. The molecule has 9 heteroatoms. The highest BCUT2D eigenvalue weighted by atomic mass is 35.5. The molecule has 0 saturated carbocycles. The van der Waals surface area contributed by atoms with Crippen LogP contribution in [0.25, 0.3) is 6.08 Å². The van der Waals surface area contributed by atoms with E-state index in [0.717, 1.165) is 5.56 Å². The molecule has 1 heterocycles. The second-order valence-electron chi connectivity index (χ2n) is 5.52. The van der Waals surface area contributed by atoms with Gasteiger partial charge < -0.3 is 4.74 Å². The summed E-state index contributed by atoms with van der Waals surface area (Å²) in [5, 5.41) is 4.99. The number of carbonyl (C=O) groups is 3. The van der Waals surface area contributed by atoms with Gasteiger partial charge in [0.05, 0.1) is 10.0 Å². The van der Waals surface area contributed by atoms with Crippen LogP contribution in [0.5, 0.6) is 5.75 Å². The van der Waals surface area contributed by atoms with Crippen molar-refractivity contribution in [2.24, 2.45) is 0 Å². The first-order valence-electron chi connectivity index (χ1n) is 7.58. The SMILES string of the molecule is O=C1NC(=O)C(=Cc2cc(Cl)c(OCc3ccc(Cl)cc3)c(Cl)c2)C(=O)N1. The van der Waals surface area contributed by atoms with Gasteiger partial charge in [-0.05, 0) is 41.5 Å². The lowest BCUT2D eigenvalue weighted by atomic mass is 10.1. The molecule has 0 aromatic heterocycles. The normalized spacial score (nSPS) is 13.9. The molecule has 2 aromatic carbocycles. The Morgan fingerprint density at radius 3 is 2.00 bits per heavy atom. The highest BCUT2D eigenvalue weighted by Gasteiger charge is 2.27. The summed E-state index contributed by atoms with van der Waals surface area (Å²) in [6.45, 7) is 0.226. The Hall–Kier alpha value is -2.54. The third-order valence-electron chi connectivity index (χ3n) is 3.57. The van der Waals surface area contributed by atoms with Crippen LogP contribution >= 0.6 is 34.8 Å². The maximum atomic E-state index is 11.8. The average molecular weight is 426 g/mol. The number of carbonyl (C=O) groups excluding carboxylic acids is 3. The van der Waals surface area contributed by atoms with Crippen LogP contribution in [0.15, 0.2) is 42.0 Å². The van der Waals surface area contributed by atoms with E-state index in [9.17, 15) is 14.4 Å². The number of hydrogen-bond acceptors (Lipinski definition) is 4. The molecule has 1 saturated heterocycles. The van der Waals surface area contributed by atoms with Crippen LogP contribution in [0.2, 0.25) is 15.1 Å². The van der Waals surface area contributed by atoms with Crippen molar-refractivity contribution in [3.8, 4) is 5.75 Å². The third-order valence-corrected chi connectivity index (χ3v) is 4.38. The quantitative estimate of drug-likeness (QED) is 0.573. The number of amides is 4. The molecule has 0 radical (unpaired) electrons.